The molecule has 0 saturated carbocycles. The van der Waals surface area contributed by atoms with Gasteiger partial charge in [0.15, 0.2) is 0 Å². The van der Waals surface area contributed by atoms with Gasteiger partial charge >= 0.3 is 0 Å². The van der Waals surface area contributed by atoms with E-state index >= 15 is 0 Å². The summed E-state index contributed by atoms with van der Waals surface area (Å²) in [5.41, 5.74) is 0. The zero-order chi connectivity index (χ0) is 18.3. The van der Waals surface area contributed by atoms with Gasteiger partial charge < -0.3 is 0 Å². The Morgan fingerprint density at radius 1 is 0.417 bits per heavy atom. The van der Waals surface area contributed by atoms with Crippen LogP contribution in [0.25, 0.3) is 0 Å². The molecule has 0 fully saturated rings. The molecule has 0 heterocycles. The third-order valence-electron chi connectivity index (χ3n) is 4.38. The SMILES string of the molecule is CCCCCCCCCS(=O)(=O)S(=O)(=O)CCCCCCCCC. The lowest BCUT2D eigenvalue weighted by atomic mass is 10.1. The van der Waals surface area contributed by atoms with E-state index in [1.165, 1.54) is 38.5 Å². The molecule has 0 aliphatic heterocycles. The molecule has 0 aliphatic rings. The normalized spacial score (nSPS) is 12.6. The average molecular weight is 383 g/mol. The van der Waals surface area contributed by atoms with Crippen molar-refractivity contribution in [3.05, 3.63) is 0 Å². The summed E-state index contributed by atoms with van der Waals surface area (Å²) >= 11 is 0. The smallest absolute Gasteiger partial charge is 0.213 e. The van der Waals surface area contributed by atoms with Crippen molar-refractivity contribution in [2.75, 3.05) is 11.5 Å². The van der Waals surface area contributed by atoms with E-state index in [4.69, 9.17) is 0 Å². The van der Waals surface area contributed by atoms with Crippen molar-refractivity contribution in [3.63, 3.8) is 0 Å². The summed E-state index contributed by atoms with van der Waals surface area (Å²) in [4.78, 5) is 0. The van der Waals surface area contributed by atoms with Gasteiger partial charge in [0.2, 0.25) is 0 Å². The van der Waals surface area contributed by atoms with Crippen LogP contribution >= 0.6 is 0 Å². The van der Waals surface area contributed by atoms with Crippen LogP contribution in [0.1, 0.15) is 104 Å². The van der Waals surface area contributed by atoms with E-state index in [0.717, 1.165) is 38.5 Å². The molecule has 0 saturated heterocycles. The van der Waals surface area contributed by atoms with Crippen LogP contribution in [0, 0.1) is 0 Å². The molecule has 0 unspecified atom stereocenters. The van der Waals surface area contributed by atoms with E-state index in [1.807, 2.05) is 0 Å². The Morgan fingerprint density at radius 2 is 0.667 bits per heavy atom. The van der Waals surface area contributed by atoms with Crippen LogP contribution in [0.3, 0.4) is 0 Å². The Balaban J connectivity index is 3.91. The van der Waals surface area contributed by atoms with Crippen molar-refractivity contribution < 1.29 is 16.8 Å². The Bertz CT molecular complexity index is 435. The van der Waals surface area contributed by atoms with E-state index in [9.17, 15) is 16.8 Å². The van der Waals surface area contributed by atoms with Gasteiger partial charge in [-0.3, -0.25) is 0 Å². The van der Waals surface area contributed by atoms with Crippen molar-refractivity contribution in [2.45, 2.75) is 104 Å². The van der Waals surface area contributed by atoms with E-state index in [1.54, 1.807) is 0 Å². The van der Waals surface area contributed by atoms with Crippen LogP contribution < -0.4 is 0 Å². The molecule has 0 aromatic carbocycles. The Labute approximate surface area is 150 Å². The summed E-state index contributed by atoms with van der Waals surface area (Å²) in [5, 5.41) is 0. The summed E-state index contributed by atoms with van der Waals surface area (Å²) in [6, 6.07) is 0. The van der Waals surface area contributed by atoms with Crippen LogP contribution in [0.2, 0.25) is 0 Å². The number of rotatable bonds is 17. The van der Waals surface area contributed by atoms with Crippen LogP contribution in [0.15, 0.2) is 0 Å². The second kappa shape index (κ2) is 14.1. The van der Waals surface area contributed by atoms with E-state index in [0.29, 0.717) is 12.8 Å². The molecule has 0 spiro atoms. The topological polar surface area (TPSA) is 68.3 Å². The maximum atomic E-state index is 12.0. The van der Waals surface area contributed by atoms with E-state index in [-0.39, 0.29) is 11.5 Å². The zero-order valence-corrected chi connectivity index (χ0v) is 17.4. The van der Waals surface area contributed by atoms with Gasteiger partial charge in [-0.1, -0.05) is 90.9 Å². The molecule has 146 valence electrons. The van der Waals surface area contributed by atoms with Gasteiger partial charge in [0, 0.05) is 0 Å². The van der Waals surface area contributed by atoms with Gasteiger partial charge in [0.05, 0.1) is 11.5 Å². The molecule has 0 amide bonds. The molecule has 0 rings (SSSR count). The van der Waals surface area contributed by atoms with Crippen LogP contribution in [-0.4, -0.2) is 28.3 Å². The van der Waals surface area contributed by atoms with Crippen molar-refractivity contribution in [1.29, 1.82) is 0 Å². The summed E-state index contributed by atoms with van der Waals surface area (Å²) in [6.07, 6.45) is 13.9. The van der Waals surface area contributed by atoms with Gasteiger partial charge in [0.1, 0.15) is 0 Å². The molecule has 0 radical (unpaired) electrons. The van der Waals surface area contributed by atoms with Crippen molar-refractivity contribution in [2.24, 2.45) is 0 Å². The van der Waals surface area contributed by atoms with Crippen molar-refractivity contribution in [1.82, 2.24) is 0 Å². The standard InChI is InChI=1S/C18H38O4S2/c1-3-5-7-9-11-13-15-17-23(19,20)24(21,22)18-16-14-12-10-8-6-4-2/h3-18H2,1-2H3. The van der Waals surface area contributed by atoms with Gasteiger partial charge in [-0.15, -0.1) is 0 Å². The Hall–Kier alpha value is -0.100. The predicted molar refractivity (Wildman–Crippen MR) is 104 cm³/mol. The third-order valence-corrected chi connectivity index (χ3v) is 10.1. The maximum Gasteiger partial charge on any atom is 0.253 e. The van der Waals surface area contributed by atoms with Gasteiger partial charge in [-0.05, 0) is 12.8 Å². The summed E-state index contributed by atoms with van der Waals surface area (Å²) < 4.78 is 48.0. The fourth-order valence-electron chi connectivity index (χ4n) is 2.73. The highest BCUT2D eigenvalue weighted by Gasteiger charge is 2.28. The van der Waals surface area contributed by atoms with Gasteiger partial charge in [0.25, 0.3) is 17.7 Å². The molecule has 0 aliphatic carbocycles. The van der Waals surface area contributed by atoms with Crippen LogP contribution in [0.5, 0.6) is 0 Å². The van der Waals surface area contributed by atoms with Gasteiger partial charge in [-0.25, -0.2) is 16.8 Å². The molecule has 24 heavy (non-hydrogen) atoms. The first-order valence-electron chi connectivity index (χ1n) is 9.82. The average Bonchev–Trinajstić information content (AvgIpc) is 2.53. The zero-order valence-electron chi connectivity index (χ0n) is 15.8. The molecule has 0 aromatic rings. The minimum absolute atomic E-state index is 0.209. The Morgan fingerprint density at radius 3 is 0.958 bits per heavy atom. The van der Waals surface area contributed by atoms with E-state index < -0.39 is 17.7 Å². The fourth-order valence-corrected chi connectivity index (χ4v) is 6.58. The fraction of sp³-hybridized carbons (Fsp3) is 1.00. The minimum Gasteiger partial charge on any atom is -0.213 e. The highest BCUT2D eigenvalue weighted by Crippen LogP contribution is 2.14. The monoisotopic (exact) mass is 382 g/mol. The van der Waals surface area contributed by atoms with Crippen molar-refractivity contribution >= 4 is 17.7 Å². The molecule has 0 atom stereocenters. The van der Waals surface area contributed by atoms with Gasteiger partial charge in [-0.2, -0.15) is 0 Å². The molecule has 0 bridgehead atoms. The number of hydrogen-bond acceptors (Lipinski definition) is 4. The maximum absolute atomic E-state index is 12.0. The molecular weight excluding hydrogens is 344 g/mol. The summed E-state index contributed by atoms with van der Waals surface area (Å²) in [5.74, 6) is -0.417. The van der Waals surface area contributed by atoms with E-state index in [2.05, 4.69) is 13.8 Å². The molecule has 4 nitrogen and oxygen atoms in total. The second-order valence-corrected chi connectivity index (χ2v) is 12.9. The van der Waals surface area contributed by atoms with Crippen LogP contribution in [-0.2, 0) is 17.7 Å². The summed E-state index contributed by atoms with van der Waals surface area (Å²) in [7, 11) is -7.97. The lowest BCUT2D eigenvalue weighted by Crippen LogP contribution is -2.22. The molecule has 6 heteroatoms. The highest BCUT2D eigenvalue weighted by molar-refractivity contribution is 8.67. The number of hydrogen-bond donors (Lipinski definition) is 0. The Kier molecular flexibility index (Phi) is 14.1. The summed E-state index contributed by atoms with van der Waals surface area (Å²) in [6.45, 7) is 4.31. The van der Waals surface area contributed by atoms with Crippen molar-refractivity contribution in [3.8, 4) is 0 Å². The lowest BCUT2D eigenvalue weighted by molar-refractivity contribution is 0.568. The molecular formula is C18H38O4S2. The third kappa shape index (κ3) is 11.5. The number of unbranched alkanes of at least 4 members (excludes halogenated alkanes) is 12. The van der Waals surface area contributed by atoms with Crippen LogP contribution in [0.4, 0.5) is 0 Å². The predicted octanol–water partition coefficient (Wildman–Crippen LogP) is 5.23. The lowest BCUT2D eigenvalue weighted by Gasteiger charge is -2.06. The molecule has 0 aromatic heterocycles. The quantitative estimate of drug-likeness (QED) is 0.255. The molecule has 0 N–H and O–H groups in total. The first-order chi connectivity index (χ1) is 11.4. The highest BCUT2D eigenvalue weighted by atomic mass is 33.2. The minimum atomic E-state index is -3.99. The second-order valence-electron chi connectivity index (χ2n) is 6.77. The first-order valence-corrected chi connectivity index (χ1v) is 13.6. The largest absolute Gasteiger partial charge is 0.253 e. The first kappa shape index (κ1) is 23.9.